The number of aliphatic hydroxyl groups is 1. The largest absolute Gasteiger partial charge is 0.497 e. The maximum atomic E-state index is 14.0. The molecular weight excluding hydrogens is 285 g/mol. The summed E-state index contributed by atoms with van der Waals surface area (Å²) in [6.07, 6.45) is 6.14. The fourth-order valence-electron chi connectivity index (χ4n) is 3.15. The van der Waals surface area contributed by atoms with Gasteiger partial charge in [0.15, 0.2) is 0 Å². The minimum absolute atomic E-state index is 0.0135. The number of hydrogen-bond donors (Lipinski definition) is 2. The van der Waals surface area contributed by atoms with E-state index >= 15 is 0 Å². The number of nitrogens with one attached hydrogen (secondary N) is 1. The number of benzene rings is 1. The highest BCUT2D eigenvalue weighted by molar-refractivity contribution is 5.94. The Morgan fingerprint density at radius 2 is 2.14 bits per heavy atom. The second-order valence-corrected chi connectivity index (χ2v) is 5.84. The number of aliphatic hydroxyl groups excluding tert-OH is 1. The van der Waals surface area contributed by atoms with E-state index in [1.807, 2.05) is 0 Å². The minimum atomic E-state index is -0.594. The van der Waals surface area contributed by atoms with Crippen molar-refractivity contribution in [3.63, 3.8) is 0 Å². The molecule has 2 rings (SSSR count). The second kappa shape index (κ2) is 8.13. The highest BCUT2D eigenvalue weighted by atomic mass is 19.1. The summed E-state index contributed by atoms with van der Waals surface area (Å²) in [5.74, 6) is -0.271. The van der Waals surface area contributed by atoms with E-state index in [2.05, 4.69) is 5.32 Å². The summed E-state index contributed by atoms with van der Waals surface area (Å²) in [5, 5.41) is 12.1. The van der Waals surface area contributed by atoms with Gasteiger partial charge in [-0.3, -0.25) is 4.79 Å². The molecule has 0 aromatic heterocycles. The van der Waals surface area contributed by atoms with Gasteiger partial charge in [-0.05, 0) is 37.3 Å². The van der Waals surface area contributed by atoms with Gasteiger partial charge in [0, 0.05) is 18.7 Å². The maximum Gasteiger partial charge on any atom is 0.254 e. The molecule has 1 unspecified atom stereocenters. The molecule has 1 aromatic rings. The molecule has 2 N–H and O–H groups in total. The monoisotopic (exact) mass is 309 g/mol. The number of rotatable bonds is 6. The van der Waals surface area contributed by atoms with Crippen LogP contribution in [0.2, 0.25) is 0 Å². The molecule has 1 saturated carbocycles. The molecule has 5 heteroatoms. The number of hydrogen-bond acceptors (Lipinski definition) is 3. The third-order valence-electron chi connectivity index (χ3n) is 4.40. The lowest BCUT2D eigenvalue weighted by Gasteiger charge is -2.30. The zero-order chi connectivity index (χ0) is 15.9. The Bertz CT molecular complexity index is 501. The Morgan fingerprint density at radius 1 is 1.41 bits per heavy atom. The van der Waals surface area contributed by atoms with E-state index in [9.17, 15) is 14.3 Å². The first kappa shape index (κ1) is 16.7. The molecule has 0 bridgehead atoms. The van der Waals surface area contributed by atoms with E-state index < -0.39 is 11.7 Å². The van der Waals surface area contributed by atoms with E-state index in [1.165, 1.54) is 25.7 Å². The van der Waals surface area contributed by atoms with Crippen LogP contribution in [0, 0.1) is 11.7 Å². The first-order chi connectivity index (χ1) is 10.7. The smallest absolute Gasteiger partial charge is 0.254 e. The van der Waals surface area contributed by atoms with Crippen molar-refractivity contribution < 1.29 is 19.0 Å². The van der Waals surface area contributed by atoms with Crippen LogP contribution in [0.15, 0.2) is 18.2 Å². The fourth-order valence-corrected chi connectivity index (χ4v) is 3.15. The van der Waals surface area contributed by atoms with Crippen LogP contribution in [-0.2, 0) is 0 Å². The zero-order valence-corrected chi connectivity index (χ0v) is 13.0. The van der Waals surface area contributed by atoms with Gasteiger partial charge < -0.3 is 15.2 Å². The fraction of sp³-hybridized carbons (Fsp3) is 0.588. The van der Waals surface area contributed by atoms with Gasteiger partial charge in [-0.1, -0.05) is 19.3 Å². The Balaban J connectivity index is 2.06. The molecule has 22 heavy (non-hydrogen) atoms. The van der Waals surface area contributed by atoms with Crippen LogP contribution in [-0.4, -0.2) is 30.8 Å². The highest BCUT2D eigenvalue weighted by Crippen LogP contribution is 2.28. The van der Waals surface area contributed by atoms with Crippen molar-refractivity contribution in [2.24, 2.45) is 5.92 Å². The van der Waals surface area contributed by atoms with Gasteiger partial charge in [-0.15, -0.1) is 0 Å². The van der Waals surface area contributed by atoms with Gasteiger partial charge in [0.1, 0.15) is 11.6 Å². The van der Waals surface area contributed by atoms with E-state index in [1.54, 1.807) is 6.07 Å². The third-order valence-corrected chi connectivity index (χ3v) is 4.40. The van der Waals surface area contributed by atoms with E-state index in [0.29, 0.717) is 18.1 Å². The Morgan fingerprint density at radius 3 is 2.73 bits per heavy atom. The average molecular weight is 309 g/mol. The van der Waals surface area contributed by atoms with Crippen molar-refractivity contribution in [1.29, 1.82) is 0 Å². The van der Waals surface area contributed by atoms with Crippen LogP contribution in [0.25, 0.3) is 0 Å². The van der Waals surface area contributed by atoms with Crippen molar-refractivity contribution >= 4 is 5.91 Å². The Hall–Kier alpha value is -1.62. The van der Waals surface area contributed by atoms with Gasteiger partial charge in [0.25, 0.3) is 5.91 Å². The van der Waals surface area contributed by atoms with Gasteiger partial charge >= 0.3 is 0 Å². The molecule has 0 aliphatic heterocycles. The highest BCUT2D eigenvalue weighted by Gasteiger charge is 2.25. The summed E-state index contributed by atoms with van der Waals surface area (Å²) in [7, 11) is 1.45. The van der Waals surface area contributed by atoms with Gasteiger partial charge in [0.2, 0.25) is 0 Å². The van der Waals surface area contributed by atoms with Gasteiger partial charge in [-0.25, -0.2) is 4.39 Å². The summed E-state index contributed by atoms with van der Waals surface area (Å²) in [5.41, 5.74) is 0.0135. The number of carbonyl (C=O) groups excluding carboxylic acids is 1. The van der Waals surface area contributed by atoms with Crippen LogP contribution in [0.1, 0.15) is 48.9 Å². The average Bonchev–Trinajstić information content (AvgIpc) is 2.55. The number of amides is 1. The van der Waals surface area contributed by atoms with Gasteiger partial charge in [-0.2, -0.15) is 0 Å². The molecule has 0 heterocycles. The van der Waals surface area contributed by atoms with Crippen molar-refractivity contribution in [2.75, 3.05) is 13.7 Å². The van der Waals surface area contributed by atoms with Crippen molar-refractivity contribution in [3.05, 3.63) is 29.6 Å². The zero-order valence-electron chi connectivity index (χ0n) is 13.0. The number of halogens is 1. The van der Waals surface area contributed by atoms with E-state index in [0.717, 1.165) is 25.7 Å². The predicted molar refractivity (Wildman–Crippen MR) is 82.5 cm³/mol. The summed E-state index contributed by atoms with van der Waals surface area (Å²) in [6, 6.07) is 4.11. The van der Waals surface area contributed by atoms with E-state index in [-0.39, 0.29) is 18.2 Å². The molecule has 0 saturated heterocycles. The molecule has 1 atom stereocenters. The van der Waals surface area contributed by atoms with Crippen LogP contribution < -0.4 is 10.1 Å². The molecule has 1 fully saturated rings. The first-order valence-corrected chi connectivity index (χ1v) is 7.91. The lowest BCUT2D eigenvalue weighted by atomic mass is 9.82. The Labute approximate surface area is 130 Å². The molecule has 122 valence electrons. The number of methoxy groups -OCH3 is 1. The van der Waals surface area contributed by atoms with Crippen LogP contribution in [0.5, 0.6) is 5.75 Å². The molecule has 1 aliphatic carbocycles. The lowest BCUT2D eigenvalue weighted by molar-refractivity contribution is 0.0895. The number of ether oxygens (including phenoxy) is 1. The minimum Gasteiger partial charge on any atom is -0.497 e. The topological polar surface area (TPSA) is 58.6 Å². The van der Waals surface area contributed by atoms with Crippen molar-refractivity contribution in [1.82, 2.24) is 5.32 Å². The predicted octanol–water partition coefficient (Wildman–Crippen LogP) is 2.90. The van der Waals surface area contributed by atoms with Gasteiger partial charge in [0.05, 0.1) is 12.7 Å². The summed E-state index contributed by atoms with van der Waals surface area (Å²) < 4.78 is 18.9. The summed E-state index contributed by atoms with van der Waals surface area (Å²) in [6.45, 7) is 0.0204. The maximum absolute atomic E-state index is 14.0. The molecule has 0 spiro atoms. The molecular formula is C17H24FNO3. The third kappa shape index (κ3) is 4.19. The summed E-state index contributed by atoms with van der Waals surface area (Å²) in [4.78, 5) is 12.3. The molecule has 1 amide bonds. The van der Waals surface area contributed by atoms with Crippen molar-refractivity contribution in [2.45, 2.75) is 44.6 Å². The SMILES string of the molecule is COc1ccc(C(=O)NC(CCO)C2CCCCC2)c(F)c1. The quantitative estimate of drug-likeness (QED) is 0.849. The molecule has 1 aromatic carbocycles. The standard InChI is InChI=1S/C17H24FNO3/c1-22-13-7-8-14(15(18)11-13)17(21)19-16(9-10-20)12-5-3-2-4-6-12/h7-8,11-12,16,20H,2-6,9-10H2,1H3,(H,19,21). The van der Waals surface area contributed by atoms with Crippen LogP contribution in [0.4, 0.5) is 4.39 Å². The normalized spacial score (nSPS) is 17.0. The van der Waals surface area contributed by atoms with E-state index in [4.69, 9.17) is 4.74 Å². The lowest BCUT2D eigenvalue weighted by Crippen LogP contribution is -2.42. The van der Waals surface area contributed by atoms with Crippen molar-refractivity contribution in [3.8, 4) is 5.75 Å². The molecule has 0 radical (unpaired) electrons. The second-order valence-electron chi connectivity index (χ2n) is 5.84. The van der Waals surface area contributed by atoms with Crippen LogP contribution >= 0.6 is 0 Å². The molecule has 1 aliphatic rings. The number of carbonyl (C=O) groups is 1. The first-order valence-electron chi connectivity index (χ1n) is 7.91. The molecule has 4 nitrogen and oxygen atoms in total. The summed E-state index contributed by atoms with van der Waals surface area (Å²) >= 11 is 0. The Kier molecular flexibility index (Phi) is 6.19. The van der Waals surface area contributed by atoms with Crippen LogP contribution in [0.3, 0.4) is 0 Å².